The van der Waals surface area contributed by atoms with E-state index in [0.29, 0.717) is 55.5 Å². The largest absolute Gasteiger partial charge is 0.454 e. The van der Waals surface area contributed by atoms with Crippen molar-refractivity contribution in [3.63, 3.8) is 0 Å². The van der Waals surface area contributed by atoms with Crippen LogP contribution in [0.5, 0.6) is 11.5 Å². The van der Waals surface area contributed by atoms with E-state index in [0.717, 1.165) is 19.4 Å². The molecule has 7 heteroatoms. The minimum absolute atomic E-state index is 0.0219. The number of piperidine rings is 1. The van der Waals surface area contributed by atoms with Gasteiger partial charge in [0.15, 0.2) is 11.5 Å². The molecule has 0 aromatic heterocycles. The van der Waals surface area contributed by atoms with Crippen molar-refractivity contribution in [1.82, 2.24) is 9.80 Å². The first kappa shape index (κ1) is 18.9. The Morgan fingerprint density at radius 1 is 1.14 bits per heavy atom. The molecular weight excluding hydrogens is 360 g/mol. The number of nitrogens with zero attached hydrogens (tertiary/aromatic N) is 2. The SMILES string of the molecule is CCC(CC)CN1CC2(CCN(C(=O)c3ccc4c(c3)OCO4)CC2)OC1=O. The summed E-state index contributed by atoms with van der Waals surface area (Å²) < 4.78 is 16.5. The molecule has 2 fully saturated rings. The number of ether oxygens (including phenoxy) is 3. The minimum Gasteiger partial charge on any atom is -0.454 e. The Morgan fingerprint density at radius 2 is 1.86 bits per heavy atom. The highest BCUT2D eigenvalue weighted by Crippen LogP contribution is 2.36. The molecule has 2 amide bonds. The second-order valence-corrected chi connectivity index (χ2v) is 7.97. The van der Waals surface area contributed by atoms with E-state index >= 15 is 0 Å². The van der Waals surface area contributed by atoms with Crippen molar-refractivity contribution in [3.05, 3.63) is 23.8 Å². The number of amides is 2. The van der Waals surface area contributed by atoms with Crippen molar-refractivity contribution in [2.75, 3.05) is 33.0 Å². The number of hydrogen-bond donors (Lipinski definition) is 0. The Bertz CT molecular complexity index is 753. The maximum atomic E-state index is 12.9. The lowest BCUT2D eigenvalue weighted by Crippen LogP contribution is -2.48. The molecule has 0 atom stereocenters. The molecule has 0 bridgehead atoms. The van der Waals surface area contributed by atoms with Crippen LogP contribution in [0.4, 0.5) is 4.79 Å². The molecule has 0 radical (unpaired) electrons. The van der Waals surface area contributed by atoms with Gasteiger partial charge in [0, 0.05) is 38.0 Å². The summed E-state index contributed by atoms with van der Waals surface area (Å²) in [4.78, 5) is 28.9. The van der Waals surface area contributed by atoms with Gasteiger partial charge < -0.3 is 24.0 Å². The van der Waals surface area contributed by atoms with E-state index in [1.165, 1.54) is 0 Å². The molecular formula is C21H28N2O5. The predicted octanol–water partition coefficient (Wildman–Crippen LogP) is 3.28. The molecule has 4 rings (SSSR count). The summed E-state index contributed by atoms with van der Waals surface area (Å²) in [5, 5.41) is 0. The Hall–Kier alpha value is -2.44. The van der Waals surface area contributed by atoms with Crippen LogP contribution in [0.15, 0.2) is 18.2 Å². The van der Waals surface area contributed by atoms with Crippen molar-refractivity contribution in [2.24, 2.45) is 5.92 Å². The summed E-state index contributed by atoms with van der Waals surface area (Å²) in [5.41, 5.74) is 0.147. The lowest BCUT2D eigenvalue weighted by molar-refractivity contribution is 0.00310. The van der Waals surface area contributed by atoms with Crippen molar-refractivity contribution in [2.45, 2.75) is 45.1 Å². The fourth-order valence-corrected chi connectivity index (χ4v) is 4.28. The second-order valence-electron chi connectivity index (χ2n) is 7.97. The zero-order valence-corrected chi connectivity index (χ0v) is 16.6. The molecule has 28 heavy (non-hydrogen) atoms. The third-order valence-corrected chi connectivity index (χ3v) is 6.26. The van der Waals surface area contributed by atoms with Crippen LogP contribution in [0.25, 0.3) is 0 Å². The summed E-state index contributed by atoms with van der Waals surface area (Å²) in [6.07, 6.45) is 3.27. The molecule has 3 aliphatic rings. The van der Waals surface area contributed by atoms with Gasteiger partial charge in [-0.2, -0.15) is 0 Å². The first-order chi connectivity index (χ1) is 13.5. The number of likely N-dealkylation sites (tertiary alicyclic amines) is 1. The topological polar surface area (TPSA) is 68.3 Å². The van der Waals surface area contributed by atoms with E-state index in [1.54, 1.807) is 18.2 Å². The Balaban J connectivity index is 1.37. The van der Waals surface area contributed by atoms with Crippen LogP contribution in [0.2, 0.25) is 0 Å². The number of carbonyl (C=O) groups is 2. The highest BCUT2D eigenvalue weighted by atomic mass is 16.7. The quantitative estimate of drug-likeness (QED) is 0.774. The van der Waals surface area contributed by atoms with E-state index in [1.807, 2.05) is 9.80 Å². The van der Waals surface area contributed by atoms with Crippen LogP contribution in [0, 0.1) is 5.92 Å². The van der Waals surface area contributed by atoms with E-state index in [-0.39, 0.29) is 18.8 Å². The fraction of sp³-hybridized carbons (Fsp3) is 0.619. The Kier molecular flexibility index (Phi) is 5.08. The number of benzene rings is 1. The molecule has 7 nitrogen and oxygen atoms in total. The maximum absolute atomic E-state index is 12.9. The average Bonchev–Trinajstić information content (AvgIpc) is 3.30. The predicted molar refractivity (Wildman–Crippen MR) is 103 cm³/mol. The molecule has 0 unspecified atom stereocenters. The van der Waals surface area contributed by atoms with Gasteiger partial charge >= 0.3 is 6.09 Å². The van der Waals surface area contributed by atoms with Crippen LogP contribution in [-0.4, -0.2) is 60.4 Å². The molecule has 0 aliphatic carbocycles. The molecule has 2 saturated heterocycles. The van der Waals surface area contributed by atoms with Crippen molar-refractivity contribution >= 4 is 12.0 Å². The Morgan fingerprint density at radius 3 is 2.57 bits per heavy atom. The zero-order valence-electron chi connectivity index (χ0n) is 16.6. The summed E-state index contributed by atoms with van der Waals surface area (Å²) in [5.74, 6) is 1.77. The van der Waals surface area contributed by atoms with Gasteiger partial charge in [0.2, 0.25) is 6.79 Å². The lowest BCUT2D eigenvalue weighted by atomic mass is 9.90. The third kappa shape index (κ3) is 3.50. The molecule has 152 valence electrons. The first-order valence-corrected chi connectivity index (χ1v) is 10.2. The smallest absolute Gasteiger partial charge is 0.410 e. The van der Waals surface area contributed by atoms with E-state index in [4.69, 9.17) is 14.2 Å². The van der Waals surface area contributed by atoms with Crippen LogP contribution in [0.3, 0.4) is 0 Å². The van der Waals surface area contributed by atoms with Crippen molar-refractivity contribution < 1.29 is 23.8 Å². The standard InChI is InChI=1S/C21H28N2O5/c1-3-15(4-2)12-23-13-21(28-20(23)25)7-9-22(10-8-21)19(24)16-5-6-17-18(11-16)27-14-26-17/h5-6,11,15H,3-4,7-10,12-14H2,1-2H3. The highest BCUT2D eigenvalue weighted by molar-refractivity contribution is 5.95. The van der Waals surface area contributed by atoms with E-state index < -0.39 is 5.60 Å². The normalized spacial score (nSPS) is 20.2. The van der Waals surface area contributed by atoms with Crippen LogP contribution in [-0.2, 0) is 4.74 Å². The molecule has 0 N–H and O–H groups in total. The summed E-state index contributed by atoms with van der Waals surface area (Å²) in [6, 6.07) is 5.28. The van der Waals surface area contributed by atoms with Crippen molar-refractivity contribution in [1.29, 1.82) is 0 Å². The van der Waals surface area contributed by atoms with Crippen molar-refractivity contribution in [3.8, 4) is 11.5 Å². The highest BCUT2D eigenvalue weighted by Gasteiger charge is 2.47. The average molecular weight is 388 g/mol. The molecule has 0 saturated carbocycles. The van der Waals surface area contributed by atoms with Gasteiger partial charge in [-0.1, -0.05) is 26.7 Å². The van der Waals surface area contributed by atoms with Crippen LogP contribution >= 0.6 is 0 Å². The van der Waals surface area contributed by atoms with Crippen LogP contribution in [0.1, 0.15) is 49.9 Å². The Labute approximate surface area is 165 Å². The molecule has 1 aromatic rings. The molecule has 1 spiro atoms. The maximum Gasteiger partial charge on any atom is 0.410 e. The van der Waals surface area contributed by atoms with Gasteiger partial charge in [0.1, 0.15) is 5.60 Å². The number of hydrogen-bond acceptors (Lipinski definition) is 5. The monoisotopic (exact) mass is 388 g/mol. The number of fused-ring (bicyclic) bond motifs is 1. The van der Waals surface area contributed by atoms with Gasteiger partial charge in [0.05, 0.1) is 6.54 Å². The van der Waals surface area contributed by atoms with Gasteiger partial charge in [-0.25, -0.2) is 4.79 Å². The second kappa shape index (κ2) is 7.53. The van der Waals surface area contributed by atoms with E-state index in [2.05, 4.69) is 13.8 Å². The molecule has 3 heterocycles. The third-order valence-electron chi connectivity index (χ3n) is 6.26. The first-order valence-electron chi connectivity index (χ1n) is 10.2. The van der Waals surface area contributed by atoms with Gasteiger partial charge in [-0.15, -0.1) is 0 Å². The fourth-order valence-electron chi connectivity index (χ4n) is 4.28. The molecule has 1 aromatic carbocycles. The van der Waals surface area contributed by atoms with Gasteiger partial charge in [-0.3, -0.25) is 4.79 Å². The summed E-state index contributed by atoms with van der Waals surface area (Å²) in [6.45, 7) is 7.07. The molecule has 3 aliphatic heterocycles. The van der Waals surface area contributed by atoms with Gasteiger partial charge in [-0.05, 0) is 24.1 Å². The number of rotatable bonds is 5. The lowest BCUT2D eigenvalue weighted by Gasteiger charge is -2.37. The summed E-state index contributed by atoms with van der Waals surface area (Å²) in [7, 11) is 0. The minimum atomic E-state index is -0.450. The zero-order chi connectivity index (χ0) is 19.7. The van der Waals surface area contributed by atoms with E-state index in [9.17, 15) is 9.59 Å². The van der Waals surface area contributed by atoms with Gasteiger partial charge in [0.25, 0.3) is 5.91 Å². The van der Waals surface area contributed by atoms with Crippen LogP contribution < -0.4 is 9.47 Å². The number of carbonyl (C=O) groups excluding carboxylic acids is 2. The summed E-state index contributed by atoms with van der Waals surface area (Å²) >= 11 is 0.